The van der Waals surface area contributed by atoms with Gasteiger partial charge in [-0.2, -0.15) is 5.10 Å². The number of hydrogen-bond acceptors (Lipinski definition) is 4. The lowest BCUT2D eigenvalue weighted by Crippen LogP contribution is -2.24. The molecule has 1 heterocycles. The van der Waals surface area contributed by atoms with Gasteiger partial charge in [-0.05, 0) is 17.7 Å². The lowest BCUT2D eigenvalue weighted by Gasteiger charge is -2.11. The molecule has 0 aliphatic heterocycles. The van der Waals surface area contributed by atoms with Gasteiger partial charge in [0.1, 0.15) is 12.1 Å². The van der Waals surface area contributed by atoms with E-state index in [0.717, 1.165) is 5.82 Å². The highest BCUT2D eigenvalue weighted by Gasteiger charge is 2.07. The first-order chi connectivity index (χ1) is 9.15. The molecule has 0 bridgehead atoms. The summed E-state index contributed by atoms with van der Waals surface area (Å²) in [4.78, 5) is 4.11. The molecular formula is C13H17FN4O. The van der Waals surface area contributed by atoms with Crippen molar-refractivity contribution in [3.05, 3.63) is 47.8 Å². The van der Waals surface area contributed by atoms with E-state index in [1.807, 2.05) is 7.05 Å². The van der Waals surface area contributed by atoms with Gasteiger partial charge in [-0.1, -0.05) is 12.1 Å². The molecular weight excluding hydrogens is 247 g/mol. The second-order valence-electron chi connectivity index (χ2n) is 4.36. The Morgan fingerprint density at radius 3 is 2.74 bits per heavy atom. The molecule has 1 atom stereocenters. The zero-order valence-electron chi connectivity index (χ0n) is 10.8. The van der Waals surface area contributed by atoms with Crippen LogP contribution in [0.1, 0.15) is 17.5 Å². The highest BCUT2D eigenvalue weighted by molar-refractivity contribution is 5.18. The molecule has 0 spiro atoms. The molecule has 1 aromatic carbocycles. The summed E-state index contributed by atoms with van der Waals surface area (Å²) in [6.07, 6.45) is 1.72. The van der Waals surface area contributed by atoms with Gasteiger partial charge in [-0.25, -0.2) is 9.37 Å². The Labute approximate surface area is 111 Å². The Hall–Kier alpha value is -1.79. The molecule has 2 rings (SSSR count). The fraction of sp³-hybridized carbons (Fsp3) is 0.385. The molecule has 0 aliphatic rings. The fourth-order valence-electron chi connectivity index (χ4n) is 1.74. The zero-order valence-corrected chi connectivity index (χ0v) is 10.8. The van der Waals surface area contributed by atoms with Gasteiger partial charge >= 0.3 is 0 Å². The van der Waals surface area contributed by atoms with E-state index >= 15 is 0 Å². The summed E-state index contributed by atoms with van der Waals surface area (Å²) in [5, 5.41) is 17.2. The summed E-state index contributed by atoms with van der Waals surface area (Å²) in [5.74, 6) is 0.469. The fourth-order valence-corrected chi connectivity index (χ4v) is 1.74. The van der Waals surface area contributed by atoms with Gasteiger partial charge in [0.2, 0.25) is 0 Å². The number of rotatable bonds is 6. The Balaban J connectivity index is 1.72. The van der Waals surface area contributed by atoms with Crippen molar-refractivity contribution in [2.24, 2.45) is 7.05 Å². The van der Waals surface area contributed by atoms with Gasteiger partial charge < -0.3 is 10.4 Å². The quantitative estimate of drug-likeness (QED) is 0.758. The molecule has 19 heavy (non-hydrogen) atoms. The number of halogens is 1. The van der Waals surface area contributed by atoms with E-state index in [1.165, 1.54) is 12.1 Å². The van der Waals surface area contributed by atoms with Gasteiger partial charge in [-0.3, -0.25) is 4.68 Å². The second kappa shape index (κ2) is 6.40. The van der Waals surface area contributed by atoms with Crippen molar-refractivity contribution in [1.82, 2.24) is 20.1 Å². The van der Waals surface area contributed by atoms with Gasteiger partial charge in [0.15, 0.2) is 5.82 Å². The molecule has 0 saturated carbocycles. The van der Waals surface area contributed by atoms with Gasteiger partial charge in [0.05, 0.1) is 6.10 Å². The van der Waals surface area contributed by atoms with Crippen LogP contribution < -0.4 is 5.32 Å². The van der Waals surface area contributed by atoms with E-state index in [4.69, 9.17) is 0 Å². The van der Waals surface area contributed by atoms with Crippen LogP contribution in [0.3, 0.4) is 0 Å². The number of nitrogens with zero attached hydrogens (tertiary/aromatic N) is 3. The predicted octanol–water partition coefficient (Wildman–Crippen LogP) is 0.820. The highest BCUT2D eigenvalue weighted by atomic mass is 19.1. The predicted molar refractivity (Wildman–Crippen MR) is 68.9 cm³/mol. The summed E-state index contributed by atoms with van der Waals surface area (Å²) < 4.78 is 14.4. The van der Waals surface area contributed by atoms with Crippen molar-refractivity contribution in [2.75, 3.05) is 13.1 Å². The molecule has 5 nitrogen and oxygen atoms in total. The van der Waals surface area contributed by atoms with Crippen LogP contribution in [0.25, 0.3) is 0 Å². The molecule has 0 amide bonds. The number of aliphatic hydroxyl groups is 1. The van der Waals surface area contributed by atoms with Crippen molar-refractivity contribution in [3.8, 4) is 0 Å². The van der Waals surface area contributed by atoms with Gasteiger partial charge in [0, 0.05) is 26.6 Å². The second-order valence-corrected chi connectivity index (χ2v) is 4.36. The first-order valence-electron chi connectivity index (χ1n) is 6.14. The molecule has 0 saturated heterocycles. The first kappa shape index (κ1) is 13.6. The zero-order chi connectivity index (χ0) is 13.7. The normalized spacial score (nSPS) is 12.6. The maximum atomic E-state index is 12.7. The molecule has 0 aliphatic carbocycles. The average Bonchev–Trinajstić information content (AvgIpc) is 2.81. The van der Waals surface area contributed by atoms with Crippen molar-refractivity contribution in [2.45, 2.75) is 12.5 Å². The average molecular weight is 264 g/mol. The summed E-state index contributed by atoms with van der Waals surface area (Å²) in [7, 11) is 1.82. The van der Waals surface area contributed by atoms with Crippen LogP contribution in [0.4, 0.5) is 4.39 Å². The maximum Gasteiger partial charge on any atom is 0.151 e. The number of aliphatic hydroxyl groups excluding tert-OH is 1. The van der Waals surface area contributed by atoms with E-state index in [2.05, 4.69) is 15.4 Å². The summed E-state index contributed by atoms with van der Waals surface area (Å²) in [5.41, 5.74) is 0.699. The van der Waals surface area contributed by atoms with E-state index in [9.17, 15) is 9.50 Å². The van der Waals surface area contributed by atoms with Crippen LogP contribution in [-0.4, -0.2) is 33.0 Å². The molecule has 1 aromatic heterocycles. The van der Waals surface area contributed by atoms with Crippen LogP contribution in [0.2, 0.25) is 0 Å². The number of benzene rings is 1. The Morgan fingerprint density at radius 1 is 1.37 bits per heavy atom. The van der Waals surface area contributed by atoms with E-state index in [0.29, 0.717) is 25.1 Å². The molecule has 102 valence electrons. The molecule has 2 aromatic rings. The summed E-state index contributed by atoms with van der Waals surface area (Å²) >= 11 is 0. The van der Waals surface area contributed by atoms with Crippen LogP contribution in [-0.2, 0) is 13.5 Å². The lowest BCUT2D eigenvalue weighted by atomic mass is 10.1. The smallest absolute Gasteiger partial charge is 0.151 e. The standard InChI is InChI=1S/C13H17FN4O/c1-18-9-16-13(17-18)6-7-15-8-12(19)10-2-4-11(14)5-3-10/h2-5,9,12,15,19H,6-8H2,1H3. The van der Waals surface area contributed by atoms with Crippen molar-refractivity contribution >= 4 is 0 Å². The number of nitrogens with one attached hydrogen (secondary N) is 1. The van der Waals surface area contributed by atoms with E-state index in [-0.39, 0.29) is 5.82 Å². The largest absolute Gasteiger partial charge is 0.387 e. The third-order valence-corrected chi connectivity index (χ3v) is 2.76. The topological polar surface area (TPSA) is 63.0 Å². The minimum absolute atomic E-state index is 0.301. The first-order valence-corrected chi connectivity index (χ1v) is 6.14. The van der Waals surface area contributed by atoms with Crippen molar-refractivity contribution in [1.29, 1.82) is 0 Å². The molecule has 0 fully saturated rings. The molecule has 1 unspecified atom stereocenters. The molecule has 2 N–H and O–H groups in total. The maximum absolute atomic E-state index is 12.7. The van der Waals surface area contributed by atoms with Crippen molar-refractivity contribution in [3.63, 3.8) is 0 Å². The minimum Gasteiger partial charge on any atom is -0.387 e. The van der Waals surface area contributed by atoms with Crippen LogP contribution in [0.5, 0.6) is 0 Å². The Morgan fingerprint density at radius 2 is 2.11 bits per heavy atom. The number of aromatic nitrogens is 3. The van der Waals surface area contributed by atoms with Crippen LogP contribution in [0, 0.1) is 5.82 Å². The Bertz CT molecular complexity index is 512. The van der Waals surface area contributed by atoms with Gasteiger partial charge in [-0.15, -0.1) is 0 Å². The minimum atomic E-state index is -0.641. The lowest BCUT2D eigenvalue weighted by molar-refractivity contribution is 0.175. The Kier molecular flexibility index (Phi) is 4.59. The summed E-state index contributed by atoms with van der Waals surface area (Å²) in [6.45, 7) is 1.10. The van der Waals surface area contributed by atoms with E-state index in [1.54, 1.807) is 23.1 Å². The van der Waals surface area contributed by atoms with E-state index < -0.39 is 6.10 Å². The van der Waals surface area contributed by atoms with Crippen LogP contribution >= 0.6 is 0 Å². The number of aryl methyl sites for hydroxylation is 1. The number of hydrogen-bond donors (Lipinski definition) is 2. The third-order valence-electron chi connectivity index (χ3n) is 2.76. The van der Waals surface area contributed by atoms with Crippen LogP contribution in [0.15, 0.2) is 30.6 Å². The molecule has 0 radical (unpaired) electrons. The summed E-state index contributed by atoms with van der Waals surface area (Å²) in [6, 6.07) is 5.86. The monoisotopic (exact) mass is 264 g/mol. The third kappa shape index (κ3) is 4.11. The van der Waals surface area contributed by atoms with Crippen molar-refractivity contribution < 1.29 is 9.50 Å². The highest BCUT2D eigenvalue weighted by Crippen LogP contribution is 2.12. The SMILES string of the molecule is Cn1cnc(CCNCC(O)c2ccc(F)cc2)n1. The van der Waals surface area contributed by atoms with Gasteiger partial charge in [0.25, 0.3) is 0 Å². The molecule has 6 heteroatoms.